The van der Waals surface area contributed by atoms with Crippen LogP contribution in [0.25, 0.3) is 5.69 Å². The Kier molecular flexibility index (Phi) is 5.56. The van der Waals surface area contributed by atoms with E-state index in [0.29, 0.717) is 0 Å². The average Bonchev–Trinajstić information content (AvgIpc) is 2.92. The fourth-order valence-electron chi connectivity index (χ4n) is 1.95. The Bertz CT molecular complexity index is 464. The number of rotatable bonds is 8. The molecule has 1 aromatic carbocycles. The first-order valence-corrected chi connectivity index (χ1v) is 7.07. The third-order valence-corrected chi connectivity index (χ3v) is 3.04. The lowest BCUT2D eigenvalue weighted by Gasteiger charge is -2.01. The van der Waals surface area contributed by atoms with Crippen molar-refractivity contribution in [2.45, 2.75) is 39.2 Å². The first-order chi connectivity index (χ1) is 9.40. The van der Waals surface area contributed by atoms with Crippen molar-refractivity contribution >= 4 is 0 Å². The van der Waals surface area contributed by atoms with Gasteiger partial charge in [0, 0.05) is 6.54 Å². The number of nitrogens with zero attached hydrogens (tertiary/aromatic N) is 3. The van der Waals surface area contributed by atoms with Crippen molar-refractivity contribution in [3.05, 3.63) is 42.2 Å². The van der Waals surface area contributed by atoms with Gasteiger partial charge in [0.25, 0.3) is 0 Å². The average molecular weight is 258 g/mol. The van der Waals surface area contributed by atoms with Gasteiger partial charge in [0.2, 0.25) is 0 Å². The van der Waals surface area contributed by atoms with Crippen molar-refractivity contribution in [1.82, 2.24) is 20.3 Å². The van der Waals surface area contributed by atoms with E-state index < -0.39 is 0 Å². The van der Waals surface area contributed by atoms with Crippen LogP contribution in [0.15, 0.2) is 36.5 Å². The number of para-hydroxylation sites is 1. The van der Waals surface area contributed by atoms with Crippen LogP contribution in [0, 0.1) is 0 Å². The maximum atomic E-state index is 4.46. The van der Waals surface area contributed by atoms with Crippen LogP contribution >= 0.6 is 0 Å². The van der Waals surface area contributed by atoms with Crippen molar-refractivity contribution in [1.29, 1.82) is 0 Å². The van der Waals surface area contributed by atoms with Gasteiger partial charge >= 0.3 is 0 Å². The molecule has 1 heterocycles. The molecule has 2 aromatic rings. The highest BCUT2D eigenvalue weighted by Crippen LogP contribution is 2.04. The third-order valence-electron chi connectivity index (χ3n) is 3.04. The standard InChI is InChI=1S/C15H22N4/c1-2-3-4-8-11-16-12-14-13-17-19(18-14)15-9-6-5-7-10-15/h5-7,9-10,13,16H,2-4,8,11-12H2,1H3. The zero-order valence-electron chi connectivity index (χ0n) is 11.5. The summed E-state index contributed by atoms with van der Waals surface area (Å²) in [7, 11) is 0. The second-order valence-electron chi connectivity index (χ2n) is 4.70. The molecule has 0 aliphatic rings. The molecule has 0 amide bonds. The largest absolute Gasteiger partial charge is 0.311 e. The number of hydrogen-bond acceptors (Lipinski definition) is 3. The Morgan fingerprint density at radius 3 is 2.74 bits per heavy atom. The SMILES string of the molecule is CCCCCCNCc1cnn(-c2ccccc2)n1. The number of nitrogens with one attached hydrogen (secondary N) is 1. The molecule has 102 valence electrons. The summed E-state index contributed by atoms with van der Waals surface area (Å²) in [5.41, 5.74) is 1.98. The molecule has 4 nitrogen and oxygen atoms in total. The zero-order valence-corrected chi connectivity index (χ0v) is 11.5. The van der Waals surface area contributed by atoms with Crippen molar-refractivity contribution in [2.75, 3.05) is 6.54 Å². The highest BCUT2D eigenvalue weighted by atomic mass is 15.5. The third kappa shape index (κ3) is 4.48. The molecule has 0 spiro atoms. The minimum Gasteiger partial charge on any atom is -0.311 e. The predicted octanol–water partition coefficient (Wildman–Crippen LogP) is 2.94. The minimum atomic E-state index is 0.791. The Morgan fingerprint density at radius 1 is 1.11 bits per heavy atom. The van der Waals surface area contributed by atoms with Gasteiger partial charge in [0.1, 0.15) is 0 Å². The fraction of sp³-hybridized carbons (Fsp3) is 0.467. The summed E-state index contributed by atoms with van der Waals surface area (Å²) in [4.78, 5) is 1.67. The highest BCUT2D eigenvalue weighted by molar-refractivity contribution is 5.28. The first kappa shape index (κ1) is 13.7. The van der Waals surface area contributed by atoms with Gasteiger partial charge in [0.15, 0.2) is 0 Å². The van der Waals surface area contributed by atoms with Gasteiger partial charge in [0.05, 0.1) is 17.6 Å². The summed E-state index contributed by atoms with van der Waals surface area (Å²) in [6.07, 6.45) is 6.98. The Labute approximate surface area is 114 Å². The summed E-state index contributed by atoms with van der Waals surface area (Å²) in [5, 5.41) is 12.1. The van der Waals surface area contributed by atoms with E-state index in [1.165, 1.54) is 25.7 Å². The van der Waals surface area contributed by atoms with Gasteiger partial charge in [-0.05, 0) is 25.1 Å². The summed E-state index contributed by atoms with van der Waals surface area (Å²) in [6, 6.07) is 9.98. The number of hydrogen-bond donors (Lipinski definition) is 1. The number of benzene rings is 1. The Hall–Kier alpha value is -1.68. The molecule has 0 saturated carbocycles. The van der Waals surface area contributed by atoms with E-state index in [0.717, 1.165) is 24.5 Å². The van der Waals surface area contributed by atoms with Crippen LogP contribution in [0.5, 0.6) is 0 Å². The van der Waals surface area contributed by atoms with Crippen molar-refractivity contribution < 1.29 is 0 Å². The van der Waals surface area contributed by atoms with Gasteiger partial charge < -0.3 is 5.32 Å². The molecule has 0 radical (unpaired) electrons. The molecule has 0 atom stereocenters. The Morgan fingerprint density at radius 2 is 1.95 bits per heavy atom. The van der Waals surface area contributed by atoms with E-state index in [-0.39, 0.29) is 0 Å². The second kappa shape index (κ2) is 7.69. The number of unbranched alkanes of at least 4 members (excludes halogenated alkanes) is 3. The monoisotopic (exact) mass is 258 g/mol. The highest BCUT2D eigenvalue weighted by Gasteiger charge is 2.01. The molecule has 0 aliphatic carbocycles. The van der Waals surface area contributed by atoms with Crippen LogP contribution in [0.3, 0.4) is 0 Å². The van der Waals surface area contributed by atoms with Gasteiger partial charge in [-0.3, -0.25) is 0 Å². The fourth-order valence-corrected chi connectivity index (χ4v) is 1.95. The molecule has 19 heavy (non-hydrogen) atoms. The van der Waals surface area contributed by atoms with Crippen LogP contribution < -0.4 is 5.32 Å². The van der Waals surface area contributed by atoms with Crippen LogP contribution in [0.1, 0.15) is 38.3 Å². The van der Waals surface area contributed by atoms with E-state index in [9.17, 15) is 0 Å². The molecule has 0 bridgehead atoms. The van der Waals surface area contributed by atoms with Crippen molar-refractivity contribution in [3.63, 3.8) is 0 Å². The van der Waals surface area contributed by atoms with Crippen LogP contribution in [0.2, 0.25) is 0 Å². The lowest BCUT2D eigenvalue weighted by atomic mass is 10.2. The lowest BCUT2D eigenvalue weighted by Crippen LogP contribution is -2.15. The molecule has 0 aliphatic heterocycles. The van der Waals surface area contributed by atoms with Crippen molar-refractivity contribution in [2.24, 2.45) is 0 Å². The van der Waals surface area contributed by atoms with Crippen LogP contribution in [-0.4, -0.2) is 21.5 Å². The van der Waals surface area contributed by atoms with E-state index in [2.05, 4.69) is 22.4 Å². The molecule has 4 heteroatoms. The summed E-state index contributed by atoms with van der Waals surface area (Å²) < 4.78 is 0. The van der Waals surface area contributed by atoms with Gasteiger partial charge in [-0.2, -0.15) is 15.0 Å². The smallest absolute Gasteiger partial charge is 0.0969 e. The zero-order chi connectivity index (χ0) is 13.3. The predicted molar refractivity (Wildman–Crippen MR) is 77.2 cm³/mol. The summed E-state index contributed by atoms with van der Waals surface area (Å²) >= 11 is 0. The maximum Gasteiger partial charge on any atom is 0.0969 e. The molecule has 1 aromatic heterocycles. The van der Waals surface area contributed by atoms with Gasteiger partial charge in [-0.1, -0.05) is 44.4 Å². The maximum absolute atomic E-state index is 4.46. The molecular weight excluding hydrogens is 236 g/mol. The van der Waals surface area contributed by atoms with E-state index in [4.69, 9.17) is 0 Å². The number of aromatic nitrogens is 3. The summed E-state index contributed by atoms with van der Waals surface area (Å²) in [6.45, 7) is 4.08. The molecule has 2 rings (SSSR count). The van der Waals surface area contributed by atoms with E-state index in [1.54, 1.807) is 4.80 Å². The molecule has 0 fully saturated rings. The van der Waals surface area contributed by atoms with E-state index in [1.807, 2.05) is 36.5 Å². The van der Waals surface area contributed by atoms with Crippen molar-refractivity contribution in [3.8, 4) is 5.69 Å². The van der Waals surface area contributed by atoms with E-state index >= 15 is 0 Å². The summed E-state index contributed by atoms with van der Waals surface area (Å²) in [5.74, 6) is 0. The Balaban J connectivity index is 1.75. The van der Waals surface area contributed by atoms with Crippen LogP contribution in [-0.2, 0) is 6.54 Å². The van der Waals surface area contributed by atoms with Gasteiger partial charge in [-0.25, -0.2) is 0 Å². The first-order valence-electron chi connectivity index (χ1n) is 7.07. The lowest BCUT2D eigenvalue weighted by molar-refractivity contribution is 0.590. The molecule has 1 N–H and O–H groups in total. The quantitative estimate of drug-likeness (QED) is 0.740. The van der Waals surface area contributed by atoms with Gasteiger partial charge in [-0.15, -0.1) is 0 Å². The van der Waals surface area contributed by atoms with Crippen LogP contribution in [0.4, 0.5) is 0 Å². The normalized spacial score (nSPS) is 10.8. The second-order valence-corrected chi connectivity index (χ2v) is 4.70. The molecular formula is C15H22N4. The molecule has 0 saturated heterocycles. The minimum absolute atomic E-state index is 0.791. The molecule has 0 unspecified atom stereocenters. The topological polar surface area (TPSA) is 42.7 Å².